The summed E-state index contributed by atoms with van der Waals surface area (Å²) in [4.78, 5) is 63.9. The van der Waals surface area contributed by atoms with E-state index in [0.29, 0.717) is 23.7 Å². The maximum absolute atomic E-state index is 13.6. The third-order valence-electron chi connectivity index (χ3n) is 5.85. The molecule has 1 aliphatic rings. The zero-order valence-electron chi connectivity index (χ0n) is 21.0. The Hall–Kier alpha value is -4.41. The van der Waals surface area contributed by atoms with Gasteiger partial charge < -0.3 is 30.0 Å². The van der Waals surface area contributed by atoms with Crippen LogP contribution in [-0.4, -0.2) is 54.3 Å². The van der Waals surface area contributed by atoms with Gasteiger partial charge in [0.2, 0.25) is 11.8 Å². The van der Waals surface area contributed by atoms with E-state index in [1.165, 1.54) is 32.2 Å². The van der Waals surface area contributed by atoms with Gasteiger partial charge in [-0.2, -0.15) is 0 Å². The average Bonchev–Trinajstić information content (AvgIpc) is 3.11. The number of carbonyl (C=O) groups is 5. The predicted molar refractivity (Wildman–Crippen MR) is 130 cm³/mol. The number of ether oxygens (including phenoxy) is 2. The molecule has 196 valence electrons. The van der Waals surface area contributed by atoms with Crippen molar-refractivity contribution in [3.63, 3.8) is 0 Å². The van der Waals surface area contributed by atoms with Gasteiger partial charge in [0.15, 0.2) is 11.5 Å². The van der Waals surface area contributed by atoms with Crippen LogP contribution in [0.5, 0.6) is 11.5 Å². The van der Waals surface area contributed by atoms with E-state index in [0.717, 1.165) is 4.90 Å². The number of anilines is 1. The molecule has 1 heterocycles. The number of imide groups is 1. The van der Waals surface area contributed by atoms with Crippen LogP contribution in [0.4, 0.5) is 5.69 Å². The number of hydrogen-bond acceptors (Lipinski definition) is 8. The molecule has 2 atom stereocenters. The third-order valence-corrected chi connectivity index (χ3v) is 5.85. The number of fused-ring (bicyclic) bond motifs is 1. The number of nitrogens with zero attached hydrogens (tertiary/aromatic N) is 1. The smallest absolute Gasteiger partial charge is 0.264 e. The van der Waals surface area contributed by atoms with Gasteiger partial charge >= 0.3 is 0 Å². The molecule has 0 aliphatic carbocycles. The summed E-state index contributed by atoms with van der Waals surface area (Å²) in [5.74, 6) is -3.19. The molecule has 11 heteroatoms. The van der Waals surface area contributed by atoms with Crippen LogP contribution in [0.25, 0.3) is 0 Å². The molecule has 0 aromatic heterocycles. The fourth-order valence-corrected chi connectivity index (χ4v) is 4.16. The van der Waals surface area contributed by atoms with Crippen LogP contribution >= 0.6 is 0 Å². The summed E-state index contributed by atoms with van der Waals surface area (Å²) in [5.41, 5.74) is 0.632. The second-order valence-electron chi connectivity index (χ2n) is 8.30. The number of nitrogens with one attached hydrogen (secondary N) is 2. The lowest BCUT2D eigenvalue weighted by molar-refractivity contribution is -0.308. The molecule has 2 unspecified atom stereocenters. The number of amides is 4. The lowest BCUT2D eigenvalue weighted by atomic mass is 10.00. The largest absolute Gasteiger partial charge is 0.548 e. The molecule has 1 aliphatic heterocycles. The lowest BCUT2D eigenvalue weighted by Gasteiger charge is -2.28. The molecular formula is C26H28N3O8-. The van der Waals surface area contributed by atoms with E-state index in [-0.39, 0.29) is 23.2 Å². The zero-order chi connectivity index (χ0) is 27.3. The number of benzene rings is 2. The van der Waals surface area contributed by atoms with E-state index in [2.05, 4.69) is 10.6 Å². The Balaban J connectivity index is 2.08. The summed E-state index contributed by atoms with van der Waals surface area (Å²) in [6, 6.07) is 6.87. The van der Waals surface area contributed by atoms with Crippen molar-refractivity contribution in [3.05, 3.63) is 53.1 Å². The van der Waals surface area contributed by atoms with E-state index in [9.17, 15) is 29.1 Å². The minimum atomic E-state index is -1.45. The molecular weight excluding hydrogens is 482 g/mol. The van der Waals surface area contributed by atoms with Crippen LogP contribution in [-0.2, 0) is 14.4 Å². The van der Waals surface area contributed by atoms with E-state index < -0.39 is 48.1 Å². The zero-order valence-corrected chi connectivity index (χ0v) is 21.0. The normalized spacial score (nSPS) is 14.0. The third kappa shape index (κ3) is 5.71. The molecule has 0 bridgehead atoms. The van der Waals surface area contributed by atoms with Gasteiger partial charge in [-0.05, 0) is 43.2 Å². The molecule has 4 amide bonds. The first-order chi connectivity index (χ1) is 17.6. The van der Waals surface area contributed by atoms with Crippen LogP contribution in [0, 0.1) is 0 Å². The summed E-state index contributed by atoms with van der Waals surface area (Å²) in [6.07, 6.45) is -0.342. The minimum Gasteiger partial charge on any atom is -0.548 e. The van der Waals surface area contributed by atoms with E-state index in [1.54, 1.807) is 32.0 Å². The first-order valence-electron chi connectivity index (χ1n) is 11.7. The molecule has 2 N–H and O–H groups in total. The molecule has 0 saturated carbocycles. The summed E-state index contributed by atoms with van der Waals surface area (Å²) in [6.45, 7) is 4.93. The second-order valence-corrected chi connectivity index (χ2v) is 8.30. The van der Waals surface area contributed by atoms with Gasteiger partial charge in [-0.15, -0.1) is 0 Å². The Morgan fingerprint density at radius 1 is 1.05 bits per heavy atom. The number of carboxylic acid groups (broad SMARTS) is 1. The summed E-state index contributed by atoms with van der Waals surface area (Å²) < 4.78 is 10.9. The Morgan fingerprint density at radius 3 is 2.38 bits per heavy atom. The van der Waals surface area contributed by atoms with Crippen LogP contribution < -0.4 is 25.2 Å². The van der Waals surface area contributed by atoms with Crippen molar-refractivity contribution in [2.24, 2.45) is 0 Å². The maximum Gasteiger partial charge on any atom is 0.264 e. The molecule has 2 aromatic carbocycles. The highest BCUT2D eigenvalue weighted by Crippen LogP contribution is 2.39. The Bertz CT molecular complexity index is 1240. The van der Waals surface area contributed by atoms with E-state index in [1.807, 2.05) is 0 Å². The molecule has 0 fully saturated rings. The summed E-state index contributed by atoms with van der Waals surface area (Å²) in [5, 5.41) is 16.3. The van der Waals surface area contributed by atoms with Crippen molar-refractivity contribution in [1.29, 1.82) is 0 Å². The number of rotatable bonds is 11. The Morgan fingerprint density at radius 2 is 1.78 bits per heavy atom. The van der Waals surface area contributed by atoms with Gasteiger partial charge in [0.25, 0.3) is 11.8 Å². The summed E-state index contributed by atoms with van der Waals surface area (Å²) >= 11 is 0. The van der Waals surface area contributed by atoms with Gasteiger partial charge in [-0.25, -0.2) is 0 Å². The second kappa shape index (κ2) is 11.5. The predicted octanol–water partition coefficient (Wildman–Crippen LogP) is 1.42. The molecule has 11 nitrogen and oxygen atoms in total. The number of carbonyl (C=O) groups excluding carboxylic acids is 5. The Labute approximate surface area is 213 Å². The van der Waals surface area contributed by atoms with E-state index in [4.69, 9.17) is 9.47 Å². The highest BCUT2D eigenvalue weighted by atomic mass is 16.5. The molecule has 0 radical (unpaired) electrons. The average molecular weight is 511 g/mol. The summed E-state index contributed by atoms with van der Waals surface area (Å²) in [7, 11) is 1.46. The van der Waals surface area contributed by atoms with Crippen molar-refractivity contribution in [3.8, 4) is 11.5 Å². The van der Waals surface area contributed by atoms with Crippen molar-refractivity contribution in [1.82, 2.24) is 10.2 Å². The van der Waals surface area contributed by atoms with Crippen LogP contribution in [0.15, 0.2) is 36.4 Å². The quantitative estimate of drug-likeness (QED) is 0.430. The minimum absolute atomic E-state index is 0.00724. The fraction of sp³-hybridized carbons (Fsp3) is 0.346. The van der Waals surface area contributed by atoms with Gasteiger partial charge in [-0.3, -0.25) is 24.1 Å². The van der Waals surface area contributed by atoms with Gasteiger partial charge in [-0.1, -0.05) is 19.1 Å². The molecule has 37 heavy (non-hydrogen) atoms. The number of methoxy groups -OCH3 is 1. The first-order valence-corrected chi connectivity index (χ1v) is 11.7. The maximum atomic E-state index is 13.6. The van der Waals surface area contributed by atoms with Gasteiger partial charge in [0, 0.05) is 6.92 Å². The van der Waals surface area contributed by atoms with Crippen molar-refractivity contribution >= 4 is 35.3 Å². The van der Waals surface area contributed by atoms with Crippen molar-refractivity contribution < 1.29 is 38.6 Å². The molecule has 0 saturated heterocycles. The van der Waals surface area contributed by atoms with Crippen LogP contribution in [0.1, 0.15) is 65.9 Å². The van der Waals surface area contributed by atoms with Crippen molar-refractivity contribution in [2.45, 2.75) is 45.7 Å². The number of hydrogen-bond donors (Lipinski definition) is 2. The molecule has 2 aromatic rings. The standard InChI is InChI=1S/C26H29N3O8/c1-5-17(26(34)35)28-22(31)13-19(15-10-11-20(36-4)21(12-15)37-6-2)29-24(32)16-8-7-9-18(27-14(3)30)23(16)25(29)33/h7-12,17,19H,5-6,13H2,1-4H3,(H,27,30)(H,28,31)(H,34,35)/p-1. The highest BCUT2D eigenvalue weighted by molar-refractivity contribution is 6.24. The Kier molecular flexibility index (Phi) is 8.49. The monoisotopic (exact) mass is 510 g/mol. The van der Waals surface area contributed by atoms with Gasteiger partial charge in [0.05, 0.1) is 55.0 Å². The van der Waals surface area contributed by atoms with Gasteiger partial charge in [0.1, 0.15) is 0 Å². The number of aliphatic carboxylic acids is 1. The first kappa shape index (κ1) is 27.2. The van der Waals surface area contributed by atoms with Crippen molar-refractivity contribution in [2.75, 3.05) is 19.0 Å². The van der Waals surface area contributed by atoms with Crippen LogP contribution in [0.2, 0.25) is 0 Å². The topological polar surface area (TPSA) is 154 Å². The fourth-order valence-electron chi connectivity index (χ4n) is 4.16. The highest BCUT2D eigenvalue weighted by Gasteiger charge is 2.43. The number of carboxylic acids is 1. The lowest BCUT2D eigenvalue weighted by Crippen LogP contribution is -2.48. The van der Waals surface area contributed by atoms with Crippen LogP contribution in [0.3, 0.4) is 0 Å². The molecule has 0 spiro atoms. The molecule has 3 rings (SSSR count). The van der Waals surface area contributed by atoms with E-state index >= 15 is 0 Å². The SMILES string of the molecule is CCOc1cc(C(CC(=O)NC(CC)C(=O)[O-])N2C(=O)c3cccc(NC(C)=O)c3C2=O)ccc1OC.